The summed E-state index contributed by atoms with van der Waals surface area (Å²) in [6.07, 6.45) is 11.0. The van der Waals surface area contributed by atoms with Gasteiger partial charge in [-0.05, 0) is 91.9 Å². The van der Waals surface area contributed by atoms with Crippen LogP contribution in [-0.2, 0) is 10.2 Å². The van der Waals surface area contributed by atoms with Crippen LogP contribution in [-0.4, -0.2) is 11.1 Å². The SMILES string of the molecule is CC/C=C(/CC(=O)O)Oc1ccc(C23CC4CC(CC(C4)C2)C3)cc1. The van der Waals surface area contributed by atoms with Gasteiger partial charge in [0, 0.05) is 0 Å². The van der Waals surface area contributed by atoms with Gasteiger partial charge in [-0.15, -0.1) is 0 Å². The smallest absolute Gasteiger partial charge is 0.311 e. The maximum atomic E-state index is 11.0. The van der Waals surface area contributed by atoms with Crippen molar-refractivity contribution in [1.82, 2.24) is 0 Å². The van der Waals surface area contributed by atoms with Crippen LogP contribution in [0.2, 0.25) is 0 Å². The van der Waals surface area contributed by atoms with Crippen LogP contribution < -0.4 is 4.74 Å². The first-order valence-electron chi connectivity index (χ1n) is 9.75. The fourth-order valence-corrected chi connectivity index (χ4v) is 6.02. The maximum absolute atomic E-state index is 11.0. The second-order valence-electron chi connectivity index (χ2n) is 8.47. The zero-order valence-electron chi connectivity index (χ0n) is 15.0. The number of allylic oxidation sites excluding steroid dienone is 1. The third-order valence-corrected chi connectivity index (χ3v) is 6.51. The molecule has 0 heterocycles. The first-order chi connectivity index (χ1) is 12.1. The van der Waals surface area contributed by atoms with Crippen molar-refractivity contribution < 1.29 is 14.6 Å². The third-order valence-electron chi connectivity index (χ3n) is 6.51. The molecule has 0 atom stereocenters. The minimum Gasteiger partial charge on any atom is -0.481 e. The summed E-state index contributed by atoms with van der Waals surface area (Å²) < 4.78 is 5.82. The molecule has 0 spiro atoms. The summed E-state index contributed by atoms with van der Waals surface area (Å²) in [5.41, 5.74) is 1.87. The number of carboxylic acids is 1. The normalized spacial score (nSPS) is 33.5. The van der Waals surface area contributed by atoms with E-state index >= 15 is 0 Å². The summed E-state index contributed by atoms with van der Waals surface area (Å²) in [7, 11) is 0. The van der Waals surface area contributed by atoms with Crippen LogP contribution in [0.4, 0.5) is 0 Å². The average Bonchev–Trinajstić information content (AvgIpc) is 2.54. The fraction of sp³-hybridized carbons (Fsp3) is 0.591. The maximum Gasteiger partial charge on any atom is 0.311 e. The number of ether oxygens (including phenoxy) is 1. The van der Waals surface area contributed by atoms with E-state index in [1.165, 1.54) is 44.1 Å². The molecular formula is C22H28O3. The summed E-state index contributed by atoms with van der Waals surface area (Å²) in [6.45, 7) is 1.99. The lowest BCUT2D eigenvalue weighted by molar-refractivity contribution is -0.136. The number of hydrogen-bond donors (Lipinski definition) is 1. The van der Waals surface area contributed by atoms with Crippen LogP contribution in [0.5, 0.6) is 5.75 Å². The van der Waals surface area contributed by atoms with Gasteiger partial charge in [0.2, 0.25) is 0 Å². The van der Waals surface area contributed by atoms with Gasteiger partial charge >= 0.3 is 5.97 Å². The Morgan fingerprint density at radius 1 is 1.12 bits per heavy atom. The zero-order valence-corrected chi connectivity index (χ0v) is 15.0. The minimum atomic E-state index is -0.857. The predicted molar refractivity (Wildman–Crippen MR) is 97.5 cm³/mol. The van der Waals surface area contributed by atoms with Crippen molar-refractivity contribution in [1.29, 1.82) is 0 Å². The number of carbonyl (C=O) groups is 1. The van der Waals surface area contributed by atoms with E-state index < -0.39 is 5.97 Å². The highest BCUT2D eigenvalue weighted by atomic mass is 16.5. The molecular weight excluding hydrogens is 312 g/mol. The Morgan fingerprint density at radius 3 is 2.16 bits per heavy atom. The van der Waals surface area contributed by atoms with E-state index in [-0.39, 0.29) is 6.42 Å². The Hall–Kier alpha value is -1.77. The van der Waals surface area contributed by atoms with Gasteiger partial charge < -0.3 is 9.84 Å². The molecule has 0 amide bonds. The second-order valence-corrected chi connectivity index (χ2v) is 8.47. The highest BCUT2D eigenvalue weighted by Crippen LogP contribution is 2.60. The molecule has 0 unspecified atom stereocenters. The summed E-state index contributed by atoms with van der Waals surface area (Å²) in [4.78, 5) is 11.0. The molecule has 4 aliphatic rings. The van der Waals surface area contributed by atoms with Crippen LogP contribution in [0.3, 0.4) is 0 Å². The molecule has 4 saturated carbocycles. The van der Waals surface area contributed by atoms with Gasteiger partial charge in [0.05, 0.1) is 0 Å². The van der Waals surface area contributed by atoms with Crippen LogP contribution >= 0.6 is 0 Å². The van der Waals surface area contributed by atoms with Crippen molar-refractivity contribution >= 4 is 5.97 Å². The van der Waals surface area contributed by atoms with Gasteiger partial charge in [0.25, 0.3) is 0 Å². The van der Waals surface area contributed by atoms with Crippen molar-refractivity contribution in [3.8, 4) is 5.75 Å². The number of carboxylic acid groups (broad SMARTS) is 1. The average molecular weight is 340 g/mol. The van der Waals surface area contributed by atoms with Gasteiger partial charge in [-0.3, -0.25) is 4.79 Å². The minimum absolute atomic E-state index is 0.0649. The molecule has 4 bridgehead atoms. The standard InChI is InChI=1S/C22H28O3/c1-2-3-20(11-21(23)24)25-19-6-4-18(5-7-19)22-12-15-8-16(13-22)10-17(9-15)14-22/h3-7,15-17H,2,8-14H2,1H3,(H,23,24)/b20-3-. The highest BCUT2D eigenvalue weighted by Gasteiger charge is 2.51. The molecule has 3 heteroatoms. The lowest BCUT2D eigenvalue weighted by Gasteiger charge is -2.57. The van der Waals surface area contributed by atoms with Crippen molar-refractivity contribution in [3.63, 3.8) is 0 Å². The summed E-state index contributed by atoms with van der Waals surface area (Å²) >= 11 is 0. The fourth-order valence-electron chi connectivity index (χ4n) is 6.02. The number of rotatable bonds is 6. The van der Waals surface area contributed by atoms with Crippen molar-refractivity contribution in [2.24, 2.45) is 17.8 Å². The van der Waals surface area contributed by atoms with E-state index in [0.29, 0.717) is 11.2 Å². The first kappa shape index (κ1) is 16.7. The molecule has 1 aromatic carbocycles. The molecule has 134 valence electrons. The van der Waals surface area contributed by atoms with Crippen LogP contribution in [0.1, 0.15) is 63.9 Å². The highest BCUT2D eigenvalue weighted by molar-refractivity contribution is 5.69. The molecule has 0 saturated heterocycles. The Balaban J connectivity index is 1.50. The van der Waals surface area contributed by atoms with Gasteiger partial charge in [0.15, 0.2) is 0 Å². The van der Waals surface area contributed by atoms with Gasteiger partial charge in [-0.1, -0.05) is 19.1 Å². The van der Waals surface area contributed by atoms with Gasteiger partial charge in [-0.25, -0.2) is 0 Å². The Labute approximate surface area is 150 Å². The number of benzene rings is 1. The van der Waals surface area contributed by atoms with Crippen LogP contribution in [0, 0.1) is 17.8 Å². The monoisotopic (exact) mass is 340 g/mol. The van der Waals surface area contributed by atoms with E-state index in [2.05, 4.69) is 12.1 Å². The first-order valence-corrected chi connectivity index (χ1v) is 9.75. The Bertz CT molecular complexity index is 636. The summed E-state index contributed by atoms with van der Waals surface area (Å²) in [6, 6.07) is 8.51. The third kappa shape index (κ3) is 3.33. The van der Waals surface area contributed by atoms with E-state index in [0.717, 1.165) is 29.9 Å². The topological polar surface area (TPSA) is 46.5 Å². The predicted octanol–water partition coefficient (Wildman–Crippen LogP) is 5.30. The summed E-state index contributed by atoms with van der Waals surface area (Å²) in [5, 5.41) is 9.01. The molecule has 0 radical (unpaired) electrons. The second kappa shape index (κ2) is 6.51. The molecule has 5 rings (SSSR count). The van der Waals surface area contributed by atoms with Crippen LogP contribution in [0.15, 0.2) is 36.1 Å². The number of hydrogen-bond acceptors (Lipinski definition) is 2. The van der Waals surface area contributed by atoms with Gasteiger partial charge in [0.1, 0.15) is 17.9 Å². The molecule has 4 aliphatic carbocycles. The lowest BCUT2D eigenvalue weighted by Crippen LogP contribution is -2.48. The number of aliphatic carboxylic acids is 1. The van der Waals surface area contributed by atoms with E-state index in [4.69, 9.17) is 9.84 Å². The van der Waals surface area contributed by atoms with Crippen LogP contribution in [0.25, 0.3) is 0 Å². The molecule has 1 aromatic rings. The Morgan fingerprint density at radius 2 is 1.68 bits per heavy atom. The zero-order chi connectivity index (χ0) is 17.4. The molecule has 0 aliphatic heterocycles. The molecule has 4 fully saturated rings. The van der Waals surface area contributed by atoms with Crippen molar-refractivity contribution in [3.05, 3.63) is 41.7 Å². The van der Waals surface area contributed by atoms with E-state index in [9.17, 15) is 4.79 Å². The Kier molecular flexibility index (Phi) is 4.35. The van der Waals surface area contributed by atoms with E-state index in [1.807, 2.05) is 25.1 Å². The van der Waals surface area contributed by atoms with E-state index in [1.54, 1.807) is 0 Å². The largest absolute Gasteiger partial charge is 0.481 e. The quantitative estimate of drug-likeness (QED) is 0.715. The molecule has 1 N–H and O–H groups in total. The molecule has 3 nitrogen and oxygen atoms in total. The van der Waals surface area contributed by atoms with Crippen molar-refractivity contribution in [2.75, 3.05) is 0 Å². The lowest BCUT2D eigenvalue weighted by atomic mass is 9.48. The summed E-state index contributed by atoms with van der Waals surface area (Å²) in [5.74, 6) is 3.24. The molecule has 0 aromatic heterocycles. The van der Waals surface area contributed by atoms with Gasteiger partial charge in [-0.2, -0.15) is 0 Å². The van der Waals surface area contributed by atoms with Crippen molar-refractivity contribution in [2.45, 2.75) is 63.7 Å². The molecule has 25 heavy (non-hydrogen) atoms.